The summed E-state index contributed by atoms with van der Waals surface area (Å²) in [4.78, 5) is 17.3. The monoisotopic (exact) mass is 495 g/mol. The highest BCUT2D eigenvalue weighted by Gasteiger charge is 2.39. The minimum atomic E-state index is -3.75. The van der Waals surface area contributed by atoms with Crippen molar-refractivity contribution in [3.05, 3.63) is 84.2 Å². The van der Waals surface area contributed by atoms with Crippen molar-refractivity contribution in [2.24, 2.45) is 0 Å². The van der Waals surface area contributed by atoms with Gasteiger partial charge in [-0.1, -0.05) is 24.3 Å². The van der Waals surface area contributed by atoms with Crippen LogP contribution in [0.3, 0.4) is 0 Å². The van der Waals surface area contributed by atoms with Gasteiger partial charge in [0.15, 0.2) is 11.5 Å². The van der Waals surface area contributed by atoms with Crippen LogP contribution in [0.2, 0.25) is 0 Å². The molecule has 2 aromatic carbocycles. The van der Waals surface area contributed by atoms with Crippen molar-refractivity contribution >= 4 is 15.9 Å². The van der Waals surface area contributed by atoms with Crippen LogP contribution in [-0.2, 0) is 21.4 Å². The highest BCUT2D eigenvalue weighted by atomic mass is 32.2. The molecule has 1 fully saturated rings. The van der Waals surface area contributed by atoms with E-state index in [-0.39, 0.29) is 16.8 Å². The fourth-order valence-electron chi connectivity index (χ4n) is 4.12. The molecule has 2 heterocycles. The Morgan fingerprint density at radius 1 is 1.11 bits per heavy atom. The molecule has 1 amide bonds. The molecule has 1 saturated heterocycles. The minimum Gasteiger partial charge on any atom is -0.493 e. The van der Waals surface area contributed by atoms with Crippen LogP contribution in [0.15, 0.2) is 78.0 Å². The number of rotatable bonds is 9. The van der Waals surface area contributed by atoms with Crippen LogP contribution in [0.1, 0.15) is 36.9 Å². The van der Waals surface area contributed by atoms with Crippen molar-refractivity contribution in [1.82, 2.24) is 14.6 Å². The van der Waals surface area contributed by atoms with Crippen LogP contribution in [-0.4, -0.2) is 43.3 Å². The largest absolute Gasteiger partial charge is 0.493 e. The number of aromatic nitrogens is 1. The van der Waals surface area contributed by atoms with E-state index in [0.717, 1.165) is 11.1 Å². The highest BCUT2D eigenvalue weighted by molar-refractivity contribution is 7.89. The minimum absolute atomic E-state index is 0.194. The topological polar surface area (TPSA) is 97.8 Å². The van der Waals surface area contributed by atoms with Crippen LogP contribution in [0.5, 0.6) is 11.5 Å². The Morgan fingerprint density at radius 2 is 1.86 bits per heavy atom. The Balaban J connectivity index is 1.44. The van der Waals surface area contributed by atoms with Gasteiger partial charge in [-0.25, -0.2) is 8.42 Å². The lowest BCUT2D eigenvalue weighted by Gasteiger charge is -2.25. The maximum Gasteiger partial charge on any atom is 0.243 e. The molecule has 184 valence electrons. The van der Waals surface area contributed by atoms with Crippen molar-refractivity contribution in [1.29, 1.82) is 0 Å². The molecular weight excluding hydrogens is 466 g/mol. The lowest BCUT2D eigenvalue weighted by Crippen LogP contribution is -2.46. The zero-order valence-corrected chi connectivity index (χ0v) is 20.6. The summed E-state index contributed by atoms with van der Waals surface area (Å²) < 4.78 is 38.9. The zero-order chi connectivity index (χ0) is 24.8. The molecule has 0 spiro atoms. The van der Waals surface area contributed by atoms with Gasteiger partial charge in [0.25, 0.3) is 0 Å². The summed E-state index contributed by atoms with van der Waals surface area (Å²) in [5, 5.41) is 2.97. The second kappa shape index (κ2) is 10.9. The Kier molecular flexibility index (Phi) is 7.67. The molecule has 0 aliphatic carbocycles. The number of hydrogen-bond donors (Lipinski definition) is 1. The summed E-state index contributed by atoms with van der Waals surface area (Å²) >= 11 is 0. The third-order valence-corrected chi connectivity index (χ3v) is 7.97. The Morgan fingerprint density at radius 3 is 2.57 bits per heavy atom. The highest BCUT2D eigenvalue weighted by Crippen LogP contribution is 2.32. The molecule has 1 aliphatic rings. The number of nitrogens with zero attached hydrogens (tertiary/aromatic N) is 2. The number of pyridine rings is 1. The van der Waals surface area contributed by atoms with Crippen LogP contribution in [0.4, 0.5) is 0 Å². The van der Waals surface area contributed by atoms with Crippen LogP contribution in [0, 0.1) is 0 Å². The normalized spacial score (nSPS) is 17.0. The first-order valence-electron chi connectivity index (χ1n) is 11.5. The maximum absolute atomic E-state index is 13.1. The first kappa shape index (κ1) is 24.7. The number of ether oxygens (including phenoxy) is 2. The lowest BCUT2D eigenvalue weighted by molar-refractivity contribution is -0.124. The molecule has 4 rings (SSSR count). The van der Waals surface area contributed by atoms with Crippen molar-refractivity contribution < 1.29 is 22.7 Å². The number of carbonyl (C=O) groups excluding carboxylic acids is 1. The Hall–Kier alpha value is -3.43. The van der Waals surface area contributed by atoms with Gasteiger partial charge in [0.2, 0.25) is 15.9 Å². The van der Waals surface area contributed by atoms with Gasteiger partial charge in [0, 0.05) is 18.9 Å². The van der Waals surface area contributed by atoms with Gasteiger partial charge in [0.1, 0.15) is 12.6 Å². The average Bonchev–Trinajstić information content (AvgIpc) is 3.40. The molecular formula is C26H29N3O5S. The van der Waals surface area contributed by atoms with E-state index in [2.05, 4.69) is 10.3 Å². The molecule has 8 nitrogen and oxygen atoms in total. The standard InChI is InChI=1S/C26H29N3O5S/c1-19(21-10-11-24(25(17-21)33-2)34-18-20-12-14-27-15-13-20)28-26(30)23-9-6-16-29(23)35(31,32)22-7-4-3-5-8-22/h3-5,7-8,10-15,17,19,23H,6,9,16,18H2,1-2H3,(H,28,30). The molecule has 2 atom stereocenters. The zero-order valence-electron chi connectivity index (χ0n) is 19.8. The second-order valence-electron chi connectivity index (χ2n) is 8.37. The van der Waals surface area contributed by atoms with Crippen molar-refractivity contribution in [3.63, 3.8) is 0 Å². The molecule has 0 bridgehead atoms. The van der Waals surface area contributed by atoms with Crippen molar-refractivity contribution in [2.75, 3.05) is 13.7 Å². The van der Waals surface area contributed by atoms with E-state index in [1.165, 1.54) is 4.31 Å². The molecule has 0 saturated carbocycles. The number of nitrogens with one attached hydrogen (secondary N) is 1. The Bertz CT molecular complexity index is 1250. The SMILES string of the molecule is COc1cc(C(C)NC(=O)C2CCCN2S(=O)(=O)c2ccccc2)ccc1OCc1ccncc1. The van der Waals surface area contributed by atoms with Crippen LogP contribution < -0.4 is 14.8 Å². The first-order valence-corrected chi connectivity index (χ1v) is 12.9. The summed E-state index contributed by atoms with van der Waals surface area (Å²) in [5.74, 6) is 0.820. The third-order valence-electron chi connectivity index (χ3n) is 6.05. The number of benzene rings is 2. The number of hydrogen-bond acceptors (Lipinski definition) is 6. The molecule has 1 aromatic heterocycles. The molecule has 2 unspecified atom stereocenters. The number of amides is 1. The van der Waals surface area contributed by atoms with Gasteiger partial charge in [-0.3, -0.25) is 9.78 Å². The van der Waals surface area contributed by atoms with E-state index in [9.17, 15) is 13.2 Å². The molecule has 0 radical (unpaired) electrons. The van der Waals surface area contributed by atoms with E-state index >= 15 is 0 Å². The third kappa shape index (κ3) is 5.63. The molecule has 35 heavy (non-hydrogen) atoms. The fraction of sp³-hybridized carbons (Fsp3) is 0.308. The van der Waals surface area contributed by atoms with Crippen LogP contribution in [0.25, 0.3) is 0 Å². The van der Waals surface area contributed by atoms with Gasteiger partial charge < -0.3 is 14.8 Å². The number of sulfonamides is 1. The van der Waals surface area contributed by atoms with Gasteiger partial charge in [-0.05, 0) is 67.3 Å². The van der Waals surface area contributed by atoms with Gasteiger partial charge in [-0.15, -0.1) is 0 Å². The lowest BCUT2D eigenvalue weighted by atomic mass is 10.1. The molecule has 1 aliphatic heterocycles. The average molecular weight is 496 g/mol. The summed E-state index contributed by atoms with van der Waals surface area (Å²) in [6, 6.07) is 16.4. The van der Waals surface area contributed by atoms with Crippen molar-refractivity contribution in [2.45, 2.75) is 43.4 Å². The van der Waals surface area contributed by atoms with Gasteiger partial charge in [-0.2, -0.15) is 4.31 Å². The summed E-state index contributed by atoms with van der Waals surface area (Å²) in [6.07, 6.45) is 4.53. The summed E-state index contributed by atoms with van der Waals surface area (Å²) in [5.41, 5.74) is 1.81. The molecule has 1 N–H and O–H groups in total. The van der Waals surface area contributed by atoms with Crippen molar-refractivity contribution in [3.8, 4) is 11.5 Å². The van der Waals surface area contributed by atoms with Gasteiger partial charge >= 0.3 is 0 Å². The number of methoxy groups -OCH3 is 1. The maximum atomic E-state index is 13.1. The number of carbonyl (C=O) groups is 1. The summed E-state index contributed by atoms with van der Waals surface area (Å²) in [6.45, 7) is 2.55. The van der Waals surface area contributed by atoms with E-state index in [4.69, 9.17) is 9.47 Å². The second-order valence-corrected chi connectivity index (χ2v) is 10.3. The summed E-state index contributed by atoms with van der Waals surface area (Å²) in [7, 11) is -2.18. The first-order chi connectivity index (χ1) is 16.9. The predicted octanol–water partition coefficient (Wildman–Crippen LogP) is 3.70. The van der Waals surface area contributed by atoms with Gasteiger partial charge in [0.05, 0.1) is 18.0 Å². The van der Waals surface area contributed by atoms with E-state index < -0.39 is 16.1 Å². The fourth-order valence-corrected chi connectivity index (χ4v) is 5.80. The smallest absolute Gasteiger partial charge is 0.243 e. The predicted molar refractivity (Wildman–Crippen MR) is 131 cm³/mol. The quantitative estimate of drug-likeness (QED) is 0.486. The van der Waals surface area contributed by atoms with Crippen LogP contribution >= 0.6 is 0 Å². The van der Waals surface area contributed by atoms with E-state index in [1.54, 1.807) is 55.9 Å². The molecule has 3 aromatic rings. The van der Waals surface area contributed by atoms with E-state index in [0.29, 0.717) is 37.5 Å². The Labute approximate surface area is 206 Å². The van der Waals surface area contributed by atoms with E-state index in [1.807, 2.05) is 31.2 Å². The molecule has 9 heteroatoms.